The SMILES string of the molecule is CC(C)(C[N+](C)(C)C)C1(C(F)(F)F)C=C(N(C(=O)O)c2ccccc2)C=CC1. The fourth-order valence-corrected chi connectivity index (χ4v) is 4.19. The maximum atomic E-state index is 14.5. The van der Waals surface area contributed by atoms with E-state index in [4.69, 9.17) is 0 Å². The Hall–Kier alpha value is -2.28. The van der Waals surface area contributed by atoms with Crippen molar-refractivity contribution in [1.82, 2.24) is 0 Å². The number of alkyl halides is 3. The largest absolute Gasteiger partial charge is 0.464 e. The molecule has 2 rings (SSSR count). The maximum absolute atomic E-state index is 14.5. The van der Waals surface area contributed by atoms with Gasteiger partial charge < -0.3 is 9.59 Å². The first-order chi connectivity index (χ1) is 12.7. The lowest BCUT2D eigenvalue weighted by atomic mass is 9.60. The van der Waals surface area contributed by atoms with Gasteiger partial charge in [0.1, 0.15) is 5.41 Å². The molecule has 1 amide bonds. The molecule has 4 nitrogen and oxygen atoms in total. The highest BCUT2D eigenvalue weighted by atomic mass is 19.4. The Kier molecular flexibility index (Phi) is 5.72. The van der Waals surface area contributed by atoms with E-state index in [2.05, 4.69) is 0 Å². The van der Waals surface area contributed by atoms with Crippen LogP contribution in [0.2, 0.25) is 0 Å². The first-order valence-electron chi connectivity index (χ1n) is 9.05. The van der Waals surface area contributed by atoms with E-state index in [1.54, 1.807) is 44.2 Å². The fraction of sp³-hybridized carbons (Fsp3) is 0.476. The Bertz CT molecular complexity index is 777. The highest BCUT2D eigenvalue weighted by Crippen LogP contribution is 2.57. The first-order valence-corrected chi connectivity index (χ1v) is 9.05. The second-order valence-electron chi connectivity index (χ2n) is 8.93. The number of hydrogen-bond donors (Lipinski definition) is 1. The average molecular weight is 397 g/mol. The predicted octanol–water partition coefficient (Wildman–Crippen LogP) is 5.30. The van der Waals surface area contributed by atoms with Crippen LogP contribution in [-0.2, 0) is 0 Å². The summed E-state index contributed by atoms with van der Waals surface area (Å²) in [5.41, 5.74) is -3.04. The van der Waals surface area contributed by atoms with E-state index in [0.717, 1.165) is 11.0 Å². The van der Waals surface area contributed by atoms with E-state index in [1.165, 1.54) is 12.2 Å². The van der Waals surface area contributed by atoms with Gasteiger partial charge in [-0.15, -0.1) is 0 Å². The van der Waals surface area contributed by atoms with Crippen LogP contribution in [0.25, 0.3) is 0 Å². The van der Waals surface area contributed by atoms with Gasteiger partial charge in [0.2, 0.25) is 0 Å². The molecule has 7 heteroatoms. The Balaban J connectivity index is 2.65. The van der Waals surface area contributed by atoms with Crippen molar-refractivity contribution in [3.05, 3.63) is 54.3 Å². The monoisotopic (exact) mass is 397 g/mol. The molecule has 1 aliphatic carbocycles. The van der Waals surface area contributed by atoms with Crippen molar-refractivity contribution in [3.8, 4) is 0 Å². The van der Waals surface area contributed by atoms with E-state index in [9.17, 15) is 23.1 Å². The summed E-state index contributed by atoms with van der Waals surface area (Å²) in [7, 11) is 5.55. The zero-order valence-corrected chi connectivity index (χ0v) is 16.9. The predicted molar refractivity (Wildman–Crippen MR) is 104 cm³/mol. The Morgan fingerprint density at radius 2 is 1.75 bits per heavy atom. The van der Waals surface area contributed by atoms with E-state index in [1.807, 2.05) is 21.1 Å². The summed E-state index contributed by atoms with van der Waals surface area (Å²) in [6.07, 6.45) is -2.11. The van der Waals surface area contributed by atoms with Crippen LogP contribution in [0.1, 0.15) is 20.3 Å². The Labute approximate surface area is 164 Å². The summed E-state index contributed by atoms with van der Waals surface area (Å²) in [6.45, 7) is 3.47. The van der Waals surface area contributed by atoms with Crippen LogP contribution in [0.3, 0.4) is 0 Å². The number of nitrogens with zero attached hydrogens (tertiary/aromatic N) is 2. The Morgan fingerprint density at radius 1 is 1.18 bits per heavy atom. The summed E-state index contributed by atoms with van der Waals surface area (Å²) in [4.78, 5) is 12.8. The molecule has 154 valence electrons. The third-order valence-electron chi connectivity index (χ3n) is 5.17. The van der Waals surface area contributed by atoms with E-state index < -0.39 is 23.1 Å². The van der Waals surface area contributed by atoms with Crippen molar-refractivity contribution in [3.63, 3.8) is 0 Å². The number of rotatable bonds is 5. The van der Waals surface area contributed by atoms with Crippen LogP contribution in [0.4, 0.5) is 23.7 Å². The normalized spacial score (nSPS) is 20.6. The van der Waals surface area contributed by atoms with Gasteiger partial charge in [0.05, 0.1) is 33.4 Å². The van der Waals surface area contributed by atoms with Gasteiger partial charge >= 0.3 is 12.3 Å². The van der Waals surface area contributed by atoms with Gasteiger partial charge in [0.15, 0.2) is 0 Å². The number of hydrogen-bond acceptors (Lipinski definition) is 1. The number of benzene rings is 1. The fourth-order valence-electron chi connectivity index (χ4n) is 4.19. The molecule has 28 heavy (non-hydrogen) atoms. The number of anilines is 1. The van der Waals surface area contributed by atoms with E-state index in [0.29, 0.717) is 10.2 Å². The summed E-state index contributed by atoms with van der Waals surface area (Å²) in [5, 5.41) is 9.71. The van der Waals surface area contributed by atoms with Crippen molar-refractivity contribution in [2.45, 2.75) is 26.4 Å². The molecule has 1 aliphatic rings. The van der Waals surface area contributed by atoms with Crippen LogP contribution >= 0.6 is 0 Å². The molecule has 1 aromatic rings. The van der Waals surface area contributed by atoms with Crippen LogP contribution in [0.5, 0.6) is 0 Å². The third kappa shape index (κ3) is 4.24. The molecule has 1 N–H and O–H groups in total. The smallest absolute Gasteiger partial charge is 0.416 e. The minimum atomic E-state index is -4.54. The lowest BCUT2D eigenvalue weighted by molar-refractivity contribution is -0.878. The number of amides is 1. The quantitative estimate of drug-likeness (QED) is 0.686. The molecule has 0 fully saturated rings. The molecule has 0 saturated heterocycles. The molecular weight excluding hydrogens is 369 g/mol. The standard InChI is InChI=1S/C21H27F3N2O2/c1-19(2,15-26(3,4)5)20(21(22,23)24)13-9-12-17(14-20)25(18(27)28)16-10-7-6-8-11-16/h6-12,14H,13,15H2,1-5H3/p+1. The molecule has 0 spiro atoms. The minimum absolute atomic E-state index is 0.0109. The second kappa shape index (κ2) is 7.28. The van der Waals surface area contributed by atoms with Crippen molar-refractivity contribution < 1.29 is 27.6 Å². The van der Waals surface area contributed by atoms with Gasteiger partial charge in [0, 0.05) is 11.1 Å². The molecule has 1 atom stereocenters. The van der Waals surface area contributed by atoms with Crippen LogP contribution in [0.15, 0.2) is 54.3 Å². The van der Waals surface area contributed by atoms with Crippen molar-refractivity contribution in [2.24, 2.45) is 10.8 Å². The molecule has 1 aromatic carbocycles. The van der Waals surface area contributed by atoms with Gasteiger partial charge in [-0.1, -0.05) is 38.1 Å². The summed E-state index contributed by atoms with van der Waals surface area (Å²) in [6, 6.07) is 8.14. The minimum Gasteiger partial charge on any atom is -0.464 e. The van der Waals surface area contributed by atoms with Gasteiger partial charge in [-0.3, -0.25) is 0 Å². The number of halogens is 3. The summed E-state index contributed by atoms with van der Waals surface area (Å²) >= 11 is 0. The van der Waals surface area contributed by atoms with E-state index in [-0.39, 0.29) is 18.7 Å². The number of allylic oxidation sites excluding steroid dienone is 3. The number of carbonyl (C=O) groups is 1. The summed E-state index contributed by atoms with van der Waals surface area (Å²) in [5.74, 6) is 0. The zero-order chi connectivity index (χ0) is 21.4. The molecule has 0 aromatic heterocycles. The molecule has 1 unspecified atom stereocenters. The zero-order valence-electron chi connectivity index (χ0n) is 16.9. The second-order valence-corrected chi connectivity index (χ2v) is 8.93. The number of para-hydroxylation sites is 1. The van der Waals surface area contributed by atoms with Crippen molar-refractivity contribution >= 4 is 11.8 Å². The molecule has 0 bridgehead atoms. The van der Waals surface area contributed by atoms with Gasteiger partial charge in [-0.05, 0) is 30.7 Å². The van der Waals surface area contributed by atoms with Crippen LogP contribution < -0.4 is 4.90 Å². The Morgan fingerprint density at radius 3 is 2.21 bits per heavy atom. The maximum Gasteiger partial charge on any atom is 0.416 e. The lowest BCUT2D eigenvalue weighted by Gasteiger charge is -2.49. The number of carboxylic acid groups (broad SMARTS) is 1. The topological polar surface area (TPSA) is 40.5 Å². The van der Waals surface area contributed by atoms with Crippen molar-refractivity contribution in [1.29, 1.82) is 0 Å². The van der Waals surface area contributed by atoms with Crippen molar-refractivity contribution in [2.75, 3.05) is 32.6 Å². The number of quaternary nitrogens is 1. The third-order valence-corrected chi connectivity index (χ3v) is 5.17. The molecule has 0 heterocycles. The van der Waals surface area contributed by atoms with Crippen LogP contribution in [-0.4, -0.2) is 49.5 Å². The molecule has 0 saturated carbocycles. The average Bonchev–Trinajstić information content (AvgIpc) is 2.52. The molecule has 0 aliphatic heterocycles. The van der Waals surface area contributed by atoms with Gasteiger partial charge in [-0.2, -0.15) is 13.2 Å². The van der Waals surface area contributed by atoms with E-state index >= 15 is 0 Å². The van der Waals surface area contributed by atoms with Crippen LogP contribution in [0, 0.1) is 10.8 Å². The highest BCUT2D eigenvalue weighted by molar-refractivity contribution is 5.90. The summed E-state index contributed by atoms with van der Waals surface area (Å²) < 4.78 is 43.7. The molecule has 0 radical (unpaired) electrons. The first kappa shape index (κ1) is 22.0. The lowest BCUT2D eigenvalue weighted by Crippen LogP contribution is -2.56. The van der Waals surface area contributed by atoms with Gasteiger partial charge in [-0.25, -0.2) is 9.69 Å². The highest BCUT2D eigenvalue weighted by Gasteiger charge is 2.63. The molecular formula is C21H28F3N2O2+. The van der Waals surface area contributed by atoms with Gasteiger partial charge in [0.25, 0.3) is 0 Å².